The molecule has 1 saturated heterocycles. The average molecular weight is 275 g/mol. The Morgan fingerprint density at radius 3 is 2.90 bits per heavy atom. The number of nitrogens with one attached hydrogen (secondary N) is 1. The van der Waals surface area contributed by atoms with Crippen molar-refractivity contribution in [3.8, 4) is 0 Å². The second-order valence-electron chi connectivity index (χ2n) is 6.15. The number of hydrogen-bond donors (Lipinski definition) is 1. The zero-order valence-corrected chi connectivity index (χ0v) is 12.4. The van der Waals surface area contributed by atoms with Crippen LogP contribution in [0.5, 0.6) is 0 Å². The highest BCUT2D eigenvalue weighted by Gasteiger charge is 2.43. The van der Waals surface area contributed by atoms with Crippen molar-refractivity contribution in [3.63, 3.8) is 0 Å². The first-order valence-electron chi connectivity index (χ1n) is 7.73. The van der Waals surface area contributed by atoms with Crippen molar-refractivity contribution in [3.05, 3.63) is 18.7 Å². The number of aromatic nitrogens is 2. The number of aryl methyl sites for hydroxylation is 1. The van der Waals surface area contributed by atoms with Crippen LogP contribution in [-0.2, 0) is 6.54 Å². The van der Waals surface area contributed by atoms with E-state index in [1.807, 2.05) is 25.8 Å². The van der Waals surface area contributed by atoms with Gasteiger partial charge in [-0.25, -0.2) is 4.98 Å². The number of imidazole rings is 1. The third-order valence-electron chi connectivity index (χ3n) is 4.80. The molecule has 1 saturated carbocycles. The molecule has 0 amide bonds. The maximum atomic E-state index is 4.44. The molecule has 2 aliphatic rings. The van der Waals surface area contributed by atoms with Gasteiger partial charge < -0.3 is 14.8 Å². The molecule has 1 spiro atoms. The molecular formula is C15H25N5. The summed E-state index contributed by atoms with van der Waals surface area (Å²) in [5.74, 6) is 1.08. The van der Waals surface area contributed by atoms with Crippen LogP contribution in [0.2, 0.25) is 0 Å². The van der Waals surface area contributed by atoms with Gasteiger partial charge in [-0.05, 0) is 31.1 Å². The molecular weight excluding hydrogens is 250 g/mol. The van der Waals surface area contributed by atoms with Gasteiger partial charge >= 0.3 is 0 Å². The maximum Gasteiger partial charge on any atom is 0.193 e. The van der Waals surface area contributed by atoms with E-state index < -0.39 is 0 Å². The number of rotatable bonds is 4. The first-order chi connectivity index (χ1) is 9.81. The highest BCUT2D eigenvalue weighted by atomic mass is 15.3. The van der Waals surface area contributed by atoms with Gasteiger partial charge in [-0.2, -0.15) is 0 Å². The normalized spacial score (nSPS) is 21.2. The zero-order valence-electron chi connectivity index (χ0n) is 12.4. The molecule has 0 unspecified atom stereocenters. The average Bonchev–Trinajstić information content (AvgIpc) is 3.07. The smallest absolute Gasteiger partial charge is 0.193 e. The molecule has 3 rings (SSSR count). The fourth-order valence-corrected chi connectivity index (χ4v) is 3.41. The molecule has 5 heteroatoms. The summed E-state index contributed by atoms with van der Waals surface area (Å²) < 4.78 is 2.11. The molecule has 0 radical (unpaired) electrons. The van der Waals surface area contributed by atoms with Crippen molar-refractivity contribution in [2.24, 2.45) is 10.4 Å². The Kier molecular flexibility index (Phi) is 3.94. The van der Waals surface area contributed by atoms with E-state index in [1.165, 1.54) is 38.8 Å². The Morgan fingerprint density at radius 2 is 2.30 bits per heavy atom. The molecule has 1 N–H and O–H groups in total. The van der Waals surface area contributed by atoms with Crippen LogP contribution in [0, 0.1) is 5.41 Å². The van der Waals surface area contributed by atoms with Crippen LogP contribution >= 0.6 is 0 Å². The van der Waals surface area contributed by atoms with Crippen molar-refractivity contribution < 1.29 is 0 Å². The van der Waals surface area contributed by atoms with Crippen LogP contribution in [0.4, 0.5) is 0 Å². The van der Waals surface area contributed by atoms with Crippen molar-refractivity contribution in [2.45, 2.75) is 38.6 Å². The topological polar surface area (TPSA) is 45.5 Å². The first-order valence-corrected chi connectivity index (χ1v) is 7.73. The van der Waals surface area contributed by atoms with Gasteiger partial charge in [0, 0.05) is 45.6 Å². The van der Waals surface area contributed by atoms with E-state index in [0.29, 0.717) is 5.41 Å². The summed E-state index contributed by atoms with van der Waals surface area (Å²) in [6.45, 7) is 4.34. The van der Waals surface area contributed by atoms with Crippen molar-refractivity contribution >= 4 is 5.96 Å². The highest BCUT2D eigenvalue weighted by molar-refractivity contribution is 5.80. The van der Waals surface area contributed by atoms with Crippen LogP contribution in [-0.4, -0.2) is 47.1 Å². The summed E-state index contributed by atoms with van der Waals surface area (Å²) in [6, 6.07) is 0. The largest absolute Gasteiger partial charge is 0.356 e. The molecule has 0 aromatic carbocycles. The summed E-state index contributed by atoms with van der Waals surface area (Å²) in [6.07, 6.45) is 12.4. The molecule has 1 aliphatic heterocycles. The monoisotopic (exact) mass is 275 g/mol. The van der Waals surface area contributed by atoms with Crippen LogP contribution in [0.3, 0.4) is 0 Å². The Balaban J connectivity index is 1.41. The van der Waals surface area contributed by atoms with Gasteiger partial charge in [-0.3, -0.25) is 4.99 Å². The number of aliphatic imine (C=N–C) groups is 1. The van der Waals surface area contributed by atoms with E-state index in [4.69, 9.17) is 0 Å². The van der Waals surface area contributed by atoms with E-state index in [1.54, 1.807) is 0 Å². The number of guanidine groups is 1. The van der Waals surface area contributed by atoms with Gasteiger partial charge in [-0.15, -0.1) is 0 Å². The minimum Gasteiger partial charge on any atom is -0.356 e. The lowest BCUT2D eigenvalue weighted by Crippen LogP contribution is -2.42. The molecule has 1 aliphatic carbocycles. The van der Waals surface area contributed by atoms with Gasteiger partial charge in [-0.1, -0.05) is 6.42 Å². The molecule has 1 aromatic rings. The third-order valence-corrected chi connectivity index (χ3v) is 4.80. The second kappa shape index (κ2) is 5.85. The summed E-state index contributed by atoms with van der Waals surface area (Å²) in [5, 5.41) is 3.50. The van der Waals surface area contributed by atoms with E-state index in [-0.39, 0.29) is 0 Å². The van der Waals surface area contributed by atoms with E-state index in [9.17, 15) is 0 Å². The van der Waals surface area contributed by atoms with E-state index in [0.717, 1.165) is 25.5 Å². The third kappa shape index (κ3) is 2.81. The Labute approximate surface area is 121 Å². The molecule has 110 valence electrons. The predicted molar refractivity (Wildman–Crippen MR) is 80.7 cm³/mol. The molecule has 0 bridgehead atoms. The Bertz CT molecular complexity index is 447. The summed E-state index contributed by atoms with van der Waals surface area (Å²) in [7, 11) is 1.89. The number of hydrogen-bond acceptors (Lipinski definition) is 2. The summed E-state index contributed by atoms with van der Waals surface area (Å²) in [4.78, 5) is 10.9. The number of likely N-dealkylation sites (tertiary alicyclic amines) is 1. The standard InChI is InChI=1S/C15H25N5/c1-16-14(18-7-3-9-19-11-8-17-13-19)20-10-6-15(12-20)4-2-5-15/h8,11,13H,2-7,9-10,12H2,1H3,(H,16,18). The fraction of sp³-hybridized carbons (Fsp3) is 0.733. The van der Waals surface area contributed by atoms with Gasteiger partial charge in [0.2, 0.25) is 0 Å². The van der Waals surface area contributed by atoms with Gasteiger partial charge in [0.15, 0.2) is 5.96 Å². The van der Waals surface area contributed by atoms with Gasteiger partial charge in [0.25, 0.3) is 0 Å². The summed E-state index contributed by atoms with van der Waals surface area (Å²) in [5.41, 5.74) is 0.633. The first kappa shape index (κ1) is 13.5. The van der Waals surface area contributed by atoms with Gasteiger partial charge in [0.05, 0.1) is 6.33 Å². The van der Waals surface area contributed by atoms with Crippen LogP contribution in [0.1, 0.15) is 32.1 Å². The predicted octanol–water partition coefficient (Wildman–Crippen LogP) is 1.72. The van der Waals surface area contributed by atoms with Crippen LogP contribution in [0.15, 0.2) is 23.7 Å². The van der Waals surface area contributed by atoms with Crippen molar-refractivity contribution in [1.29, 1.82) is 0 Å². The minimum atomic E-state index is 0.633. The fourth-order valence-electron chi connectivity index (χ4n) is 3.41. The molecule has 0 atom stereocenters. The van der Waals surface area contributed by atoms with Crippen LogP contribution in [0.25, 0.3) is 0 Å². The summed E-state index contributed by atoms with van der Waals surface area (Å²) >= 11 is 0. The lowest BCUT2D eigenvalue weighted by Gasteiger charge is -2.38. The van der Waals surface area contributed by atoms with Crippen molar-refractivity contribution in [2.75, 3.05) is 26.7 Å². The van der Waals surface area contributed by atoms with Crippen molar-refractivity contribution in [1.82, 2.24) is 19.8 Å². The molecule has 20 heavy (non-hydrogen) atoms. The Hall–Kier alpha value is -1.52. The van der Waals surface area contributed by atoms with Crippen LogP contribution < -0.4 is 5.32 Å². The second-order valence-corrected chi connectivity index (χ2v) is 6.15. The Morgan fingerprint density at radius 1 is 1.40 bits per heavy atom. The lowest BCUT2D eigenvalue weighted by atomic mass is 9.68. The van der Waals surface area contributed by atoms with E-state index >= 15 is 0 Å². The molecule has 1 aromatic heterocycles. The van der Waals surface area contributed by atoms with Gasteiger partial charge in [0.1, 0.15) is 0 Å². The zero-order chi connectivity index (χ0) is 13.8. The quantitative estimate of drug-likeness (QED) is 0.517. The molecule has 5 nitrogen and oxygen atoms in total. The molecule has 2 heterocycles. The molecule has 2 fully saturated rings. The lowest BCUT2D eigenvalue weighted by molar-refractivity contribution is 0.151. The minimum absolute atomic E-state index is 0.633. The maximum absolute atomic E-state index is 4.44. The SMILES string of the molecule is CN=C(NCCCn1ccnc1)N1CCC2(CCC2)C1. The highest BCUT2D eigenvalue weighted by Crippen LogP contribution is 2.47. The van der Waals surface area contributed by atoms with E-state index in [2.05, 4.69) is 24.8 Å². The number of nitrogens with zero attached hydrogens (tertiary/aromatic N) is 4.